The molecule has 1 aromatic rings. The summed E-state index contributed by atoms with van der Waals surface area (Å²) in [6.07, 6.45) is -2.58. The van der Waals surface area contributed by atoms with Crippen LogP contribution in [-0.4, -0.2) is 35.1 Å². The molecule has 17 heavy (non-hydrogen) atoms. The second kappa shape index (κ2) is 5.11. The first-order valence-corrected chi connectivity index (χ1v) is 5.13. The zero-order chi connectivity index (χ0) is 13.1. The number of amides is 1. The van der Waals surface area contributed by atoms with Gasteiger partial charge in [0, 0.05) is 18.4 Å². The number of nitrogens with two attached hydrogens (primary N) is 1. The minimum atomic E-state index is -4.40. The number of rotatable bonds is 4. The second-order valence-electron chi connectivity index (χ2n) is 3.69. The normalized spacial score (nSPS) is 11.5. The van der Waals surface area contributed by atoms with Crippen LogP contribution in [0.3, 0.4) is 0 Å². The first kappa shape index (κ1) is 13.4. The second-order valence-corrected chi connectivity index (χ2v) is 3.69. The molecule has 1 heterocycles. The molecule has 96 valence electrons. The van der Waals surface area contributed by atoms with Gasteiger partial charge in [-0.25, -0.2) is 0 Å². The average molecular weight is 249 g/mol. The molecule has 1 amide bonds. The van der Waals surface area contributed by atoms with Crippen LogP contribution in [0.2, 0.25) is 0 Å². The van der Waals surface area contributed by atoms with E-state index in [1.54, 1.807) is 6.92 Å². The van der Waals surface area contributed by atoms with Crippen molar-refractivity contribution < 1.29 is 18.0 Å². The minimum Gasteiger partial charge on any atom is -0.397 e. The number of alkyl halides is 3. The number of nitrogens with zero attached hydrogens (tertiary/aromatic N) is 1. The van der Waals surface area contributed by atoms with Gasteiger partial charge in [-0.05, 0) is 12.5 Å². The third kappa shape index (κ3) is 4.01. The van der Waals surface area contributed by atoms with Crippen molar-refractivity contribution in [1.29, 1.82) is 0 Å². The van der Waals surface area contributed by atoms with Crippen LogP contribution in [0.25, 0.3) is 0 Å². The van der Waals surface area contributed by atoms with Crippen LogP contribution in [-0.2, 0) is 0 Å². The lowest BCUT2D eigenvalue weighted by Crippen LogP contribution is -2.39. The molecule has 0 aliphatic heterocycles. The third-order valence-corrected chi connectivity index (χ3v) is 2.09. The first-order valence-electron chi connectivity index (χ1n) is 5.13. The van der Waals surface area contributed by atoms with E-state index in [0.29, 0.717) is 12.1 Å². The van der Waals surface area contributed by atoms with Gasteiger partial charge in [-0.15, -0.1) is 0 Å². The number of nitrogens with one attached hydrogen (secondary N) is 1. The van der Waals surface area contributed by atoms with Crippen molar-refractivity contribution >= 4 is 11.6 Å². The highest BCUT2D eigenvalue weighted by atomic mass is 19.4. The number of carbonyl (C=O) groups is 1. The summed E-state index contributed by atoms with van der Waals surface area (Å²) >= 11 is 0. The molecule has 7 heteroatoms. The number of carbonyl (C=O) groups excluding carboxylic acids is 1. The topological polar surface area (TPSA) is 62.1 Å². The van der Waals surface area contributed by atoms with Gasteiger partial charge in [0.2, 0.25) is 0 Å². The fourth-order valence-electron chi connectivity index (χ4n) is 1.44. The fraction of sp³-hybridized carbons (Fsp3) is 0.500. The van der Waals surface area contributed by atoms with Crippen molar-refractivity contribution in [3.05, 3.63) is 18.0 Å². The summed E-state index contributed by atoms with van der Waals surface area (Å²) in [6, 6.07) is 1.32. The van der Waals surface area contributed by atoms with E-state index in [9.17, 15) is 18.0 Å². The maximum Gasteiger partial charge on any atom is 0.406 e. The Hall–Kier alpha value is -1.66. The van der Waals surface area contributed by atoms with Gasteiger partial charge >= 0.3 is 6.18 Å². The molecule has 0 aliphatic rings. The van der Waals surface area contributed by atoms with Crippen LogP contribution in [0, 0.1) is 0 Å². The van der Waals surface area contributed by atoms with Gasteiger partial charge in [0.15, 0.2) is 0 Å². The summed E-state index contributed by atoms with van der Waals surface area (Å²) in [5.41, 5.74) is 5.78. The van der Waals surface area contributed by atoms with Crippen molar-refractivity contribution in [2.45, 2.75) is 19.5 Å². The molecular weight excluding hydrogens is 235 g/mol. The molecule has 1 rings (SSSR count). The van der Waals surface area contributed by atoms with E-state index in [1.807, 2.05) is 0 Å². The number of nitrogen functional groups attached to an aromatic ring is 1. The molecule has 0 bridgehead atoms. The molecule has 0 radical (unpaired) electrons. The molecule has 0 fully saturated rings. The molecular formula is C10H14F3N3O. The number of H-pyrrole nitrogens is 1. The van der Waals surface area contributed by atoms with Crippen LogP contribution < -0.4 is 5.73 Å². The van der Waals surface area contributed by atoms with E-state index in [2.05, 4.69) is 4.98 Å². The Morgan fingerprint density at radius 3 is 2.59 bits per heavy atom. The van der Waals surface area contributed by atoms with E-state index in [1.165, 1.54) is 12.3 Å². The predicted molar refractivity (Wildman–Crippen MR) is 57.5 cm³/mol. The van der Waals surface area contributed by atoms with E-state index >= 15 is 0 Å². The first-order chi connectivity index (χ1) is 7.83. The molecule has 0 aliphatic carbocycles. The Labute approximate surface area is 96.6 Å². The summed E-state index contributed by atoms with van der Waals surface area (Å²) < 4.78 is 36.8. The van der Waals surface area contributed by atoms with Crippen molar-refractivity contribution in [3.8, 4) is 0 Å². The fourth-order valence-corrected chi connectivity index (χ4v) is 1.44. The van der Waals surface area contributed by atoms with Gasteiger partial charge < -0.3 is 15.6 Å². The van der Waals surface area contributed by atoms with Crippen LogP contribution in [0.1, 0.15) is 23.8 Å². The summed E-state index contributed by atoms with van der Waals surface area (Å²) in [6.45, 7) is 0.510. The third-order valence-electron chi connectivity index (χ3n) is 2.09. The zero-order valence-corrected chi connectivity index (χ0v) is 9.34. The van der Waals surface area contributed by atoms with Crippen molar-refractivity contribution in [2.75, 3.05) is 18.8 Å². The van der Waals surface area contributed by atoms with Crippen LogP contribution in [0.4, 0.5) is 18.9 Å². The molecule has 0 saturated carbocycles. The van der Waals surface area contributed by atoms with Gasteiger partial charge in [-0.2, -0.15) is 13.2 Å². The Morgan fingerprint density at radius 1 is 1.53 bits per heavy atom. The van der Waals surface area contributed by atoms with Gasteiger partial charge in [-0.1, -0.05) is 6.92 Å². The van der Waals surface area contributed by atoms with E-state index in [-0.39, 0.29) is 12.2 Å². The van der Waals surface area contributed by atoms with Crippen molar-refractivity contribution in [2.24, 2.45) is 0 Å². The zero-order valence-electron chi connectivity index (χ0n) is 9.34. The molecule has 0 unspecified atom stereocenters. The summed E-state index contributed by atoms with van der Waals surface area (Å²) in [7, 11) is 0. The standard InChI is InChI=1S/C10H14F3N3O/c1-2-3-16(6-10(11,12)13)9(17)8-4-7(14)5-15-8/h4-5,15H,2-3,6,14H2,1H3. The Bertz CT molecular complexity index is 386. The van der Waals surface area contributed by atoms with Crippen molar-refractivity contribution in [1.82, 2.24) is 9.88 Å². The number of hydrogen-bond acceptors (Lipinski definition) is 2. The lowest BCUT2D eigenvalue weighted by Gasteiger charge is -2.22. The quantitative estimate of drug-likeness (QED) is 0.857. The number of anilines is 1. The number of aromatic nitrogens is 1. The van der Waals surface area contributed by atoms with Crippen LogP contribution in [0.5, 0.6) is 0 Å². The molecule has 3 N–H and O–H groups in total. The highest BCUT2D eigenvalue weighted by molar-refractivity contribution is 5.93. The van der Waals surface area contributed by atoms with Crippen molar-refractivity contribution in [3.63, 3.8) is 0 Å². The molecule has 4 nitrogen and oxygen atoms in total. The SMILES string of the molecule is CCCN(CC(F)(F)F)C(=O)c1cc(N)c[nH]1. The van der Waals surface area contributed by atoms with Gasteiger partial charge in [-0.3, -0.25) is 4.79 Å². The maximum atomic E-state index is 12.3. The van der Waals surface area contributed by atoms with Crippen LogP contribution >= 0.6 is 0 Å². The Kier molecular flexibility index (Phi) is 4.03. The monoisotopic (exact) mass is 249 g/mol. The van der Waals surface area contributed by atoms with Gasteiger partial charge in [0.05, 0.1) is 0 Å². The molecule has 1 aromatic heterocycles. The highest BCUT2D eigenvalue weighted by Crippen LogP contribution is 2.18. The lowest BCUT2D eigenvalue weighted by atomic mass is 10.3. The smallest absolute Gasteiger partial charge is 0.397 e. The number of hydrogen-bond donors (Lipinski definition) is 2. The predicted octanol–water partition coefficient (Wildman–Crippen LogP) is 2.01. The summed E-state index contributed by atoms with van der Waals surface area (Å²) in [5.74, 6) is -0.694. The largest absolute Gasteiger partial charge is 0.406 e. The molecule has 0 saturated heterocycles. The average Bonchev–Trinajstić information content (AvgIpc) is 2.61. The summed E-state index contributed by atoms with van der Waals surface area (Å²) in [5, 5.41) is 0. The van der Waals surface area contributed by atoms with Gasteiger partial charge in [0.1, 0.15) is 12.2 Å². The summed E-state index contributed by atoms with van der Waals surface area (Å²) in [4.78, 5) is 15.1. The van der Waals surface area contributed by atoms with E-state index in [0.717, 1.165) is 4.90 Å². The molecule has 0 spiro atoms. The maximum absolute atomic E-state index is 12.3. The Morgan fingerprint density at radius 2 is 2.18 bits per heavy atom. The van der Waals surface area contributed by atoms with Gasteiger partial charge in [0.25, 0.3) is 5.91 Å². The van der Waals surface area contributed by atoms with E-state index < -0.39 is 18.6 Å². The highest BCUT2D eigenvalue weighted by Gasteiger charge is 2.33. The Balaban J connectivity index is 2.80. The van der Waals surface area contributed by atoms with Crippen LogP contribution in [0.15, 0.2) is 12.3 Å². The number of halogens is 3. The minimum absolute atomic E-state index is 0.0528. The molecule has 0 aromatic carbocycles. The lowest BCUT2D eigenvalue weighted by molar-refractivity contribution is -0.140. The number of aromatic amines is 1. The van der Waals surface area contributed by atoms with E-state index in [4.69, 9.17) is 5.73 Å². The molecule has 0 atom stereocenters.